The third-order valence-corrected chi connectivity index (χ3v) is 5.04. The maximum absolute atomic E-state index is 11.6. The number of anilines is 1. The smallest absolute Gasteiger partial charge is 0.240 e. The Hall–Kier alpha value is -1.81. The number of benzene rings is 1. The molecule has 0 atom stereocenters. The number of hydrogen-bond donors (Lipinski definition) is 4. The fraction of sp³-hybridized carbons (Fsp3) is 0.167. The maximum atomic E-state index is 11.6. The number of carbonyl (C=O) groups excluding carboxylic acids is 1. The van der Waals surface area contributed by atoms with E-state index in [4.69, 9.17) is 8.19 Å². The maximum Gasteiger partial charge on any atom is 0.434 e. The minimum absolute atomic E-state index is 0.225. The van der Waals surface area contributed by atoms with E-state index in [9.17, 15) is 26.8 Å². The third kappa shape index (κ3) is 6.00. The second-order valence-corrected chi connectivity index (χ2v) is 8.28. The zero-order valence-electron chi connectivity index (χ0n) is 12.0. The first-order valence-corrected chi connectivity index (χ1v) is 10.4. The fourth-order valence-corrected chi connectivity index (χ4v) is 3.54. The number of nitrogens with one attached hydrogen (secondary N) is 1. The van der Waals surface area contributed by atoms with E-state index in [0.717, 1.165) is 22.2 Å². The normalized spacial score (nSPS) is 11.4. The van der Waals surface area contributed by atoms with Crippen molar-refractivity contribution in [3.8, 4) is 5.75 Å². The van der Waals surface area contributed by atoms with Gasteiger partial charge in [0.2, 0.25) is 0 Å². The van der Waals surface area contributed by atoms with Gasteiger partial charge in [0.05, 0.1) is 5.51 Å². The second kappa shape index (κ2) is 7.84. The van der Waals surface area contributed by atoms with E-state index in [1.807, 2.05) is 0 Å². The Morgan fingerprint density at radius 3 is 2.33 bits per heavy atom. The molecule has 132 valence electrons. The minimum atomic E-state index is -5.14. The Kier molecular flexibility index (Phi) is 6.61. The third-order valence-electron chi connectivity index (χ3n) is 2.36. The molecule has 2 aromatic rings. The molecule has 0 bridgehead atoms. The summed E-state index contributed by atoms with van der Waals surface area (Å²) in [6.07, 6.45) is -4.28. The second-order valence-electron chi connectivity index (χ2n) is 4.27. The number of aromatic nitrogens is 1. The van der Waals surface area contributed by atoms with Gasteiger partial charge in [-0.1, -0.05) is 0 Å². The van der Waals surface area contributed by atoms with Crippen LogP contribution in [0.15, 0.2) is 29.1 Å². The summed E-state index contributed by atoms with van der Waals surface area (Å²) in [5.74, 6) is -0.880. The number of carbonyl (C=O) groups is 1. The van der Waals surface area contributed by atoms with Crippen molar-refractivity contribution < 1.29 is 35.0 Å². The summed E-state index contributed by atoms with van der Waals surface area (Å²) in [5.41, 5.74) is 0.119. The summed E-state index contributed by atoms with van der Waals surface area (Å²) in [6.45, 7) is 1.18. The first kappa shape index (κ1) is 20.2. The number of phenolic OH excluding ortho intramolecular Hbond substituents is 1. The van der Waals surface area contributed by atoms with E-state index >= 15 is 0 Å². The SMILES string of the molecule is CC(=O)Nc1c(O)cccc1[As](=O)(O)O.FC(F)(F)c1cscn1. The molecule has 0 spiro atoms. The Balaban J connectivity index is 0.000000272. The van der Waals surface area contributed by atoms with Gasteiger partial charge in [-0.25, -0.2) is 4.98 Å². The van der Waals surface area contributed by atoms with Gasteiger partial charge < -0.3 is 0 Å². The Morgan fingerprint density at radius 1 is 1.33 bits per heavy atom. The summed E-state index contributed by atoms with van der Waals surface area (Å²) < 4.78 is 63.5. The van der Waals surface area contributed by atoms with Gasteiger partial charge in [0.1, 0.15) is 0 Å². The Labute approximate surface area is 140 Å². The molecule has 7 nitrogen and oxygen atoms in total. The predicted molar refractivity (Wildman–Crippen MR) is 80.0 cm³/mol. The number of aromatic hydroxyl groups is 1. The number of para-hydroxylation sites is 1. The Morgan fingerprint density at radius 2 is 1.96 bits per heavy atom. The van der Waals surface area contributed by atoms with Crippen LogP contribution in [0.4, 0.5) is 18.9 Å². The first-order chi connectivity index (χ1) is 10.9. The number of phenols is 1. The van der Waals surface area contributed by atoms with E-state index in [-0.39, 0.29) is 15.8 Å². The molecule has 0 aliphatic carbocycles. The molecule has 4 N–H and O–H groups in total. The molecule has 0 aliphatic rings. The van der Waals surface area contributed by atoms with Crippen molar-refractivity contribution in [3.05, 3.63) is 34.8 Å². The van der Waals surface area contributed by atoms with Gasteiger partial charge in [0.25, 0.3) is 0 Å². The zero-order valence-corrected chi connectivity index (χ0v) is 14.7. The van der Waals surface area contributed by atoms with Crippen LogP contribution in [0.5, 0.6) is 5.75 Å². The molecule has 0 aliphatic heterocycles. The van der Waals surface area contributed by atoms with Crippen LogP contribution < -0.4 is 9.67 Å². The van der Waals surface area contributed by atoms with E-state index in [0.29, 0.717) is 0 Å². The van der Waals surface area contributed by atoms with Crippen LogP contribution in [0, 0.1) is 0 Å². The number of amides is 1. The molecule has 24 heavy (non-hydrogen) atoms. The summed E-state index contributed by atoms with van der Waals surface area (Å²) in [7, 11) is 0. The van der Waals surface area contributed by atoms with Crippen molar-refractivity contribution in [1.82, 2.24) is 4.98 Å². The molecule has 0 radical (unpaired) electrons. The van der Waals surface area contributed by atoms with E-state index in [2.05, 4.69) is 10.3 Å². The molecule has 2 rings (SSSR count). The standard InChI is InChI=1S/C8H10AsNO5.C4H2F3NS/c1-5(11)10-8-6(9(13,14)15)3-2-4-7(8)12;5-4(6,7)3-1-9-2-8-3/h2-4,12H,1H3,(H,10,11)(H2,13,14,15);1-2H. The number of nitrogens with zero attached hydrogens (tertiary/aromatic N) is 1. The molecular weight excluding hydrogens is 416 g/mol. The van der Waals surface area contributed by atoms with Gasteiger partial charge in [0, 0.05) is 5.38 Å². The van der Waals surface area contributed by atoms with Gasteiger partial charge in [-0.05, 0) is 0 Å². The number of alkyl halides is 3. The fourth-order valence-electron chi connectivity index (χ4n) is 1.43. The monoisotopic (exact) mass is 428 g/mol. The molecule has 0 saturated heterocycles. The molecule has 0 saturated carbocycles. The number of hydrogen-bond acceptors (Lipinski definition) is 5. The minimum Gasteiger partial charge on any atom is -0.240 e. The molecule has 1 amide bonds. The van der Waals surface area contributed by atoms with E-state index in [1.165, 1.54) is 25.1 Å². The van der Waals surface area contributed by atoms with Crippen LogP contribution in [-0.4, -0.2) is 38.4 Å². The first-order valence-electron chi connectivity index (χ1n) is 6.04. The molecular formula is C12H12AsF3N2O5S. The summed E-state index contributed by atoms with van der Waals surface area (Å²) >= 11 is -4.21. The van der Waals surface area contributed by atoms with Gasteiger partial charge in [-0.2, -0.15) is 13.2 Å². The molecule has 1 aromatic carbocycles. The van der Waals surface area contributed by atoms with Crippen molar-refractivity contribution >= 4 is 41.5 Å². The van der Waals surface area contributed by atoms with Gasteiger partial charge in [-0.3, -0.25) is 0 Å². The van der Waals surface area contributed by atoms with Crippen molar-refractivity contribution in [2.75, 3.05) is 5.32 Å². The molecule has 1 aromatic heterocycles. The summed E-state index contributed by atoms with van der Waals surface area (Å²) in [5, 5.41) is 12.5. The van der Waals surface area contributed by atoms with Crippen LogP contribution in [0.2, 0.25) is 0 Å². The number of rotatable bonds is 2. The van der Waals surface area contributed by atoms with Gasteiger partial charge >= 0.3 is 94.3 Å². The summed E-state index contributed by atoms with van der Waals surface area (Å²) in [4.78, 5) is 13.9. The van der Waals surface area contributed by atoms with E-state index in [1.54, 1.807) is 0 Å². The van der Waals surface area contributed by atoms with Gasteiger partial charge in [0.15, 0.2) is 5.69 Å². The Bertz CT molecular complexity index is 746. The summed E-state index contributed by atoms with van der Waals surface area (Å²) in [6, 6.07) is 3.71. The van der Waals surface area contributed by atoms with Crippen molar-refractivity contribution in [1.29, 1.82) is 0 Å². The molecule has 0 unspecified atom stereocenters. The topological polar surface area (TPSA) is 120 Å². The van der Waals surface area contributed by atoms with Crippen LogP contribution >= 0.6 is 11.3 Å². The number of halogens is 3. The largest absolute Gasteiger partial charge is 0.434 e. The van der Waals surface area contributed by atoms with Crippen LogP contribution in [0.3, 0.4) is 0 Å². The van der Waals surface area contributed by atoms with Crippen molar-refractivity contribution in [2.24, 2.45) is 0 Å². The molecule has 0 fully saturated rings. The van der Waals surface area contributed by atoms with Crippen molar-refractivity contribution in [2.45, 2.75) is 13.1 Å². The average molecular weight is 428 g/mol. The number of thiazole rings is 1. The molecule has 1 heterocycles. The quantitative estimate of drug-likeness (QED) is 0.420. The van der Waals surface area contributed by atoms with Crippen molar-refractivity contribution in [3.63, 3.8) is 0 Å². The van der Waals surface area contributed by atoms with Crippen LogP contribution in [0.1, 0.15) is 12.6 Å². The van der Waals surface area contributed by atoms with E-state index < -0.39 is 32.0 Å². The average Bonchev–Trinajstić information content (AvgIpc) is 2.94. The zero-order chi connectivity index (χ0) is 18.5. The van der Waals surface area contributed by atoms with Gasteiger partial charge in [-0.15, -0.1) is 11.3 Å². The van der Waals surface area contributed by atoms with Crippen LogP contribution in [-0.2, 0) is 14.7 Å². The predicted octanol–water partition coefficient (Wildman–Crippen LogP) is 1.07. The van der Waals surface area contributed by atoms with Crippen LogP contribution in [0.25, 0.3) is 0 Å². The molecule has 12 heteroatoms.